The fourth-order valence-corrected chi connectivity index (χ4v) is 1.52. The van der Waals surface area contributed by atoms with Gasteiger partial charge in [0, 0.05) is 11.8 Å². The van der Waals surface area contributed by atoms with Gasteiger partial charge in [0.1, 0.15) is 12.5 Å². The van der Waals surface area contributed by atoms with Crippen LogP contribution in [0.3, 0.4) is 0 Å². The summed E-state index contributed by atoms with van der Waals surface area (Å²) in [5.41, 5.74) is 1.04. The van der Waals surface area contributed by atoms with Crippen molar-refractivity contribution in [1.29, 1.82) is 0 Å². The van der Waals surface area contributed by atoms with Gasteiger partial charge in [0.15, 0.2) is 9.84 Å². The first-order valence-corrected chi connectivity index (χ1v) is 6.79. The Morgan fingerprint density at radius 1 is 1.35 bits per heavy atom. The lowest BCUT2D eigenvalue weighted by Gasteiger charge is -2.04. The number of sulfone groups is 1. The molecule has 1 rings (SSSR count). The van der Waals surface area contributed by atoms with Gasteiger partial charge in [-0.1, -0.05) is 12.1 Å². The number of nitrogens with one attached hydrogen (secondary N) is 1. The fraction of sp³-hybridized carbons (Fsp3) is 0.300. The molecule has 0 radical (unpaired) electrons. The largest absolute Gasteiger partial charge is 0.338 e. The highest BCUT2D eigenvalue weighted by Crippen LogP contribution is 2.05. The predicted molar refractivity (Wildman–Crippen MR) is 61.0 cm³/mol. The van der Waals surface area contributed by atoms with Crippen LogP contribution in [0.4, 0.5) is 0 Å². The van der Waals surface area contributed by atoms with Crippen LogP contribution in [0, 0.1) is 0 Å². The third-order valence-electron chi connectivity index (χ3n) is 1.94. The quantitative estimate of drug-likeness (QED) is 0.590. The fourth-order valence-electron chi connectivity index (χ4n) is 1.13. The molecular weight excluding hydrogens is 246 g/mol. The summed E-state index contributed by atoms with van der Waals surface area (Å²) < 4.78 is 21.7. The van der Waals surface area contributed by atoms with E-state index >= 15 is 0 Å². The summed E-state index contributed by atoms with van der Waals surface area (Å²) in [6.07, 6.45) is 1.04. The van der Waals surface area contributed by atoms with Crippen LogP contribution >= 0.6 is 0 Å². The molecule has 0 unspecified atom stereocenters. The van der Waals surface area contributed by atoms with E-state index in [9.17, 15) is 13.2 Å². The molecule has 6 nitrogen and oxygen atoms in total. The molecule has 0 bridgehead atoms. The number of carbonyl (C=O) groups excluding carboxylic acids is 1. The van der Waals surface area contributed by atoms with E-state index in [4.69, 9.17) is 5.26 Å². The molecule has 0 atom stereocenters. The maximum atomic E-state index is 11.5. The van der Waals surface area contributed by atoms with E-state index in [-0.39, 0.29) is 6.61 Å². The van der Waals surface area contributed by atoms with Gasteiger partial charge in [-0.25, -0.2) is 13.3 Å². The van der Waals surface area contributed by atoms with Crippen LogP contribution in [0.15, 0.2) is 24.3 Å². The standard InChI is InChI=1S/C10H13NO5S/c1-17(14,15)7-11-10(12)9-4-2-8(3-5-9)6-16-13/h2-5,13H,6-7H2,1H3,(H,11,12). The van der Waals surface area contributed by atoms with E-state index in [1.165, 1.54) is 12.1 Å². The Balaban J connectivity index is 2.64. The molecule has 0 saturated carbocycles. The molecule has 1 aromatic rings. The van der Waals surface area contributed by atoms with Crippen LogP contribution in [0.2, 0.25) is 0 Å². The highest BCUT2D eigenvalue weighted by atomic mass is 32.2. The monoisotopic (exact) mass is 259 g/mol. The van der Waals surface area contributed by atoms with Crippen molar-refractivity contribution in [2.24, 2.45) is 0 Å². The maximum absolute atomic E-state index is 11.5. The minimum Gasteiger partial charge on any atom is -0.338 e. The average Bonchev–Trinajstić information content (AvgIpc) is 2.26. The molecule has 1 amide bonds. The highest BCUT2D eigenvalue weighted by Gasteiger charge is 2.08. The zero-order valence-corrected chi connectivity index (χ0v) is 10.0. The zero-order chi connectivity index (χ0) is 12.9. The lowest BCUT2D eigenvalue weighted by Crippen LogP contribution is -2.28. The number of amides is 1. The third-order valence-corrected chi connectivity index (χ3v) is 2.61. The van der Waals surface area contributed by atoms with Crippen LogP contribution < -0.4 is 5.32 Å². The molecule has 0 spiro atoms. The number of benzene rings is 1. The second kappa shape index (κ2) is 5.76. The molecule has 1 aromatic carbocycles. The minimum absolute atomic E-state index is 0.0330. The molecule has 0 aliphatic rings. The van der Waals surface area contributed by atoms with E-state index in [0.29, 0.717) is 11.1 Å². The smallest absolute Gasteiger partial charge is 0.252 e. The number of hydrogen-bond donors (Lipinski definition) is 2. The van der Waals surface area contributed by atoms with Crippen molar-refractivity contribution in [2.45, 2.75) is 6.61 Å². The van der Waals surface area contributed by atoms with Gasteiger partial charge < -0.3 is 5.32 Å². The Hall–Kier alpha value is -1.44. The third kappa shape index (κ3) is 4.94. The number of hydrogen-bond acceptors (Lipinski definition) is 5. The van der Waals surface area contributed by atoms with Crippen LogP contribution in [-0.2, 0) is 21.3 Å². The van der Waals surface area contributed by atoms with Gasteiger partial charge in [-0.05, 0) is 17.7 Å². The predicted octanol–water partition coefficient (Wildman–Crippen LogP) is 0.408. The van der Waals surface area contributed by atoms with Gasteiger partial charge in [0.25, 0.3) is 5.91 Å². The van der Waals surface area contributed by atoms with Crippen molar-refractivity contribution in [3.63, 3.8) is 0 Å². The molecule has 0 aliphatic heterocycles. The van der Waals surface area contributed by atoms with Crippen molar-refractivity contribution in [1.82, 2.24) is 5.32 Å². The van der Waals surface area contributed by atoms with Gasteiger partial charge in [0.05, 0.1) is 0 Å². The Kier molecular flexibility index (Phi) is 4.62. The van der Waals surface area contributed by atoms with Crippen LogP contribution in [0.1, 0.15) is 15.9 Å². The van der Waals surface area contributed by atoms with E-state index < -0.39 is 21.6 Å². The summed E-state index contributed by atoms with van der Waals surface area (Å²) in [5, 5.41) is 10.5. The normalized spacial score (nSPS) is 11.2. The summed E-state index contributed by atoms with van der Waals surface area (Å²) in [6.45, 7) is 0.0330. The summed E-state index contributed by atoms with van der Waals surface area (Å²) in [5.74, 6) is -0.861. The van der Waals surface area contributed by atoms with Crippen molar-refractivity contribution in [3.8, 4) is 0 Å². The van der Waals surface area contributed by atoms with Gasteiger partial charge >= 0.3 is 0 Å². The van der Waals surface area contributed by atoms with Crippen molar-refractivity contribution < 1.29 is 23.4 Å². The van der Waals surface area contributed by atoms with Gasteiger partial charge in [-0.2, -0.15) is 0 Å². The van der Waals surface area contributed by atoms with Gasteiger partial charge in [-0.15, -0.1) is 0 Å². The van der Waals surface area contributed by atoms with E-state index in [2.05, 4.69) is 10.2 Å². The molecule has 2 N–H and O–H groups in total. The Labute approximate surface area is 99.1 Å². The van der Waals surface area contributed by atoms with Crippen molar-refractivity contribution >= 4 is 15.7 Å². The maximum Gasteiger partial charge on any atom is 0.252 e. The van der Waals surface area contributed by atoms with E-state index in [1.54, 1.807) is 12.1 Å². The zero-order valence-electron chi connectivity index (χ0n) is 9.21. The Bertz CT molecular complexity index is 480. The lowest BCUT2D eigenvalue weighted by molar-refractivity contribution is -0.253. The van der Waals surface area contributed by atoms with Crippen LogP contribution in [-0.4, -0.2) is 31.7 Å². The van der Waals surface area contributed by atoms with E-state index in [0.717, 1.165) is 6.26 Å². The summed E-state index contributed by atoms with van der Waals surface area (Å²) in [4.78, 5) is 15.4. The van der Waals surface area contributed by atoms with Crippen molar-refractivity contribution in [2.75, 3.05) is 12.1 Å². The van der Waals surface area contributed by atoms with Crippen LogP contribution in [0.5, 0.6) is 0 Å². The van der Waals surface area contributed by atoms with Crippen LogP contribution in [0.25, 0.3) is 0 Å². The summed E-state index contributed by atoms with van der Waals surface area (Å²) in [6, 6.07) is 6.25. The number of rotatable bonds is 5. The SMILES string of the molecule is CS(=O)(=O)CNC(=O)c1ccc(COO)cc1. The molecule has 0 fully saturated rings. The highest BCUT2D eigenvalue weighted by molar-refractivity contribution is 7.90. The minimum atomic E-state index is -3.23. The van der Waals surface area contributed by atoms with E-state index in [1.807, 2.05) is 0 Å². The first-order chi connectivity index (χ1) is 7.92. The molecule has 0 aromatic heterocycles. The molecule has 0 saturated heterocycles. The lowest BCUT2D eigenvalue weighted by atomic mass is 10.1. The first kappa shape index (κ1) is 13.6. The van der Waals surface area contributed by atoms with Crippen molar-refractivity contribution in [3.05, 3.63) is 35.4 Å². The topological polar surface area (TPSA) is 92.7 Å². The average molecular weight is 259 g/mol. The van der Waals surface area contributed by atoms with Gasteiger partial charge in [0.2, 0.25) is 0 Å². The Morgan fingerprint density at radius 3 is 2.41 bits per heavy atom. The molecule has 7 heteroatoms. The molecule has 94 valence electrons. The molecule has 0 aliphatic carbocycles. The van der Waals surface area contributed by atoms with Gasteiger partial charge in [-0.3, -0.25) is 10.1 Å². The Morgan fingerprint density at radius 2 is 1.94 bits per heavy atom. The second-order valence-corrected chi connectivity index (χ2v) is 5.69. The second-order valence-electron chi connectivity index (χ2n) is 3.55. The molecule has 17 heavy (non-hydrogen) atoms. The molecule has 0 heterocycles. The summed E-state index contributed by atoms with van der Waals surface area (Å²) >= 11 is 0. The summed E-state index contributed by atoms with van der Waals surface area (Å²) in [7, 11) is -3.23. The number of carbonyl (C=O) groups is 1. The molecular formula is C10H13NO5S. The first-order valence-electron chi connectivity index (χ1n) is 4.73.